The van der Waals surface area contributed by atoms with Gasteiger partial charge in [0.1, 0.15) is 0 Å². The molecular weight excluding hydrogens is 210 g/mol. The lowest BCUT2D eigenvalue weighted by Gasteiger charge is -2.22. The van der Waals surface area contributed by atoms with E-state index in [2.05, 4.69) is 42.2 Å². The van der Waals surface area contributed by atoms with Gasteiger partial charge < -0.3 is 10.2 Å². The molecule has 1 fully saturated rings. The molecule has 1 aliphatic rings. The Labute approximate surface area is 104 Å². The minimum atomic E-state index is 0.752. The number of pyridine rings is 1. The molecule has 0 bridgehead atoms. The molecule has 1 heterocycles. The monoisotopic (exact) mass is 233 g/mol. The van der Waals surface area contributed by atoms with Crippen LogP contribution in [-0.4, -0.2) is 24.6 Å². The summed E-state index contributed by atoms with van der Waals surface area (Å²) >= 11 is 0. The Kier molecular flexibility index (Phi) is 4.00. The van der Waals surface area contributed by atoms with Gasteiger partial charge >= 0.3 is 0 Å². The third kappa shape index (κ3) is 3.19. The summed E-state index contributed by atoms with van der Waals surface area (Å²) in [6.07, 6.45) is 5.86. The highest BCUT2D eigenvalue weighted by atomic mass is 15.2. The van der Waals surface area contributed by atoms with E-state index in [4.69, 9.17) is 0 Å². The van der Waals surface area contributed by atoms with E-state index < -0.39 is 0 Å². The van der Waals surface area contributed by atoms with Gasteiger partial charge in [0, 0.05) is 42.8 Å². The van der Waals surface area contributed by atoms with Crippen molar-refractivity contribution in [1.82, 2.24) is 10.3 Å². The van der Waals surface area contributed by atoms with E-state index in [-0.39, 0.29) is 0 Å². The van der Waals surface area contributed by atoms with Crippen molar-refractivity contribution >= 4 is 5.69 Å². The van der Waals surface area contributed by atoms with Gasteiger partial charge in [0.25, 0.3) is 0 Å². The zero-order valence-corrected chi connectivity index (χ0v) is 11.2. The van der Waals surface area contributed by atoms with Gasteiger partial charge in [-0.15, -0.1) is 0 Å². The first-order valence-electron chi connectivity index (χ1n) is 6.61. The fourth-order valence-corrected chi connectivity index (χ4v) is 2.10. The number of nitrogens with zero attached hydrogens (tertiary/aromatic N) is 2. The van der Waals surface area contributed by atoms with Crippen LogP contribution in [0.25, 0.3) is 0 Å². The summed E-state index contributed by atoms with van der Waals surface area (Å²) in [6, 6.07) is 2.96. The molecule has 1 saturated carbocycles. The molecule has 1 aliphatic carbocycles. The maximum absolute atomic E-state index is 4.41. The third-order valence-corrected chi connectivity index (χ3v) is 3.32. The lowest BCUT2D eigenvalue weighted by molar-refractivity contribution is 0.671. The zero-order valence-electron chi connectivity index (χ0n) is 11.2. The lowest BCUT2D eigenvalue weighted by Crippen LogP contribution is -2.23. The molecule has 0 aromatic carbocycles. The van der Waals surface area contributed by atoms with E-state index in [0.717, 1.165) is 24.8 Å². The predicted octanol–water partition coefficient (Wildman–Crippen LogP) is 2.49. The number of aryl methyl sites for hydroxylation is 1. The van der Waals surface area contributed by atoms with E-state index in [1.54, 1.807) is 0 Å². The van der Waals surface area contributed by atoms with Crippen molar-refractivity contribution in [3.05, 3.63) is 23.5 Å². The van der Waals surface area contributed by atoms with E-state index in [1.165, 1.54) is 30.5 Å². The number of anilines is 1. The number of nitrogens with one attached hydrogen (secondary N) is 1. The molecule has 0 amide bonds. The van der Waals surface area contributed by atoms with Crippen LogP contribution < -0.4 is 10.2 Å². The van der Waals surface area contributed by atoms with Crippen molar-refractivity contribution in [1.29, 1.82) is 0 Å². The fraction of sp³-hybridized carbons (Fsp3) is 0.643. The van der Waals surface area contributed by atoms with Gasteiger partial charge in [0.2, 0.25) is 0 Å². The highest BCUT2D eigenvalue weighted by molar-refractivity contribution is 5.54. The molecule has 0 aliphatic heterocycles. The molecule has 17 heavy (non-hydrogen) atoms. The number of hydrogen-bond acceptors (Lipinski definition) is 3. The Morgan fingerprint density at radius 3 is 2.88 bits per heavy atom. The van der Waals surface area contributed by atoms with Gasteiger partial charge in [0.15, 0.2) is 0 Å². The number of aromatic nitrogens is 1. The van der Waals surface area contributed by atoms with Gasteiger partial charge in [0.05, 0.1) is 0 Å². The van der Waals surface area contributed by atoms with Crippen LogP contribution in [0.2, 0.25) is 0 Å². The number of hydrogen-bond donors (Lipinski definition) is 1. The molecule has 1 aromatic rings. The second kappa shape index (κ2) is 5.50. The average molecular weight is 233 g/mol. The molecule has 2 rings (SSSR count). The fourth-order valence-electron chi connectivity index (χ4n) is 2.10. The van der Waals surface area contributed by atoms with E-state index in [1.807, 2.05) is 6.20 Å². The molecule has 0 atom stereocenters. The summed E-state index contributed by atoms with van der Waals surface area (Å²) in [5.41, 5.74) is 3.77. The van der Waals surface area contributed by atoms with Crippen LogP contribution in [0.3, 0.4) is 0 Å². The third-order valence-electron chi connectivity index (χ3n) is 3.32. The van der Waals surface area contributed by atoms with Crippen LogP contribution in [-0.2, 0) is 6.54 Å². The second-order valence-corrected chi connectivity index (χ2v) is 4.97. The highest BCUT2D eigenvalue weighted by Gasteiger charge is 2.27. The average Bonchev–Trinajstić information content (AvgIpc) is 3.14. The molecule has 0 saturated heterocycles. The Bertz CT molecular complexity index is 372. The normalized spacial score (nSPS) is 15.0. The highest BCUT2D eigenvalue weighted by Crippen LogP contribution is 2.32. The van der Waals surface area contributed by atoms with Crippen molar-refractivity contribution in [3.63, 3.8) is 0 Å². The quantitative estimate of drug-likeness (QED) is 0.765. The van der Waals surface area contributed by atoms with Crippen LogP contribution in [0, 0.1) is 6.92 Å². The summed E-state index contributed by atoms with van der Waals surface area (Å²) in [5, 5.41) is 3.46. The first-order valence-corrected chi connectivity index (χ1v) is 6.61. The first-order chi connectivity index (χ1) is 8.22. The topological polar surface area (TPSA) is 28.2 Å². The lowest BCUT2D eigenvalue weighted by atomic mass is 10.2. The summed E-state index contributed by atoms with van der Waals surface area (Å²) in [7, 11) is 2.20. The molecule has 1 aromatic heterocycles. The standard InChI is InChI=1S/C14H23N3/c1-4-7-15-9-12-10-16-11(2)8-14(12)17(3)13-5-6-13/h8,10,13,15H,4-7,9H2,1-3H3. The summed E-state index contributed by atoms with van der Waals surface area (Å²) in [5.74, 6) is 0. The van der Waals surface area contributed by atoms with Crippen molar-refractivity contribution < 1.29 is 0 Å². The molecule has 0 radical (unpaired) electrons. The maximum Gasteiger partial charge on any atom is 0.0445 e. The van der Waals surface area contributed by atoms with Crippen LogP contribution in [0.15, 0.2) is 12.3 Å². The van der Waals surface area contributed by atoms with Crippen molar-refractivity contribution in [3.8, 4) is 0 Å². The summed E-state index contributed by atoms with van der Waals surface area (Å²) in [4.78, 5) is 6.83. The Hall–Kier alpha value is -1.09. The minimum absolute atomic E-state index is 0.752. The molecule has 0 unspecified atom stereocenters. The molecular formula is C14H23N3. The van der Waals surface area contributed by atoms with Gasteiger partial charge in [-0.2, -0.15) is 0 Å². The summed E-state index contributed by atoms with van der Waals surface area (Å²) in [6.45, 7) is 6.25. The smallest absolute Gasteiger partial charge is 0.0445 e. The Morgan fingerprint density at radius 2 is 2.24 bits per heavy atom. The second-order valence-electron chi connectivity index (χ2n) is 4.97. The molecule has 3 nitrogen and oxygen atoms in total. The van der Waals surface area contributed by atoms with Crippen molar-refractivity contribution in [2.24, 2.45) is 0 Å². The molecule has 1 N–H and O–H groups in total. The largest absolute Gasteiger partial charge is 0.371 e. The maximum atomic E-state index is 4.41. The Balaban J connectivity index is 2.11. The molecule has 3 heteroatoms. The molecule has 0 spiro atoms. The van der Waals surface area contributed by atoms with Crippen molar-refractivity contribution in [2.75, 3.05) is 18.5 Å². The van der Waals surface area contributed by atoms with Gasteiger partial charge in [-0.05, 0) is 38.8 Å². The number of rotatable bonds is 6. The van der Waals surface area contributed by atoms with E-state index in [9.17, 15) is 0 Å². The van der Waals surface area contributed by atoms with Crippen LogP contribution in [0.5, 0.6) is 0 Å². The Morgan fingerprint density at radius 1 is 1.47 bits per heavy atom. The van der Waals surface area contributed by atoms with Crippen LogP contribution in [0.4, 0.5) is 5.69 Å². The summed E-state index contributed by atoms with van der Waals surface area (Å²) < 4.78 is 0. The van der Waals surface area contributed by atoms with Crippen LogP contribution >= 0.6 is 0 Å². The van der Waals surface area contributed by atoms with Crippen LogP contribution in [0.1, 0.15) is 37.4 Å². The first kappa shape index (κ1) is 12.4. The SMILES string of the molecule is CCCNCc1cnc(C)cc1N(C)C1CC1. The zero-order chi connectivity index (χ0) is 12.3. The van der Waals surface area contributed by atoms with E-state index >= 15 is 0 Å². The van der Waals surface area contributed by atoms with Gasteiger partial charge in [-0.25, -0.2) is 0 Å². The van der Waals surface area contributed by atoms with Gasteiger partial charge in [-0.3, -0.25) is 4.98 Å². The van der Waals surface area contributed by atoms with Gasteiger partial charge in [-0.1, -0.05) is 6.92 Å². The minimum Gasteiger partial charge on any atom is -0.371 e. The molecule has 94 valence electrons. The van der Waals surface area contributed by atoms with E-state index in [0.29, 0.717) is 0 Å². The predicted molar refractivity (Wildman–Crippen MR) is 72.4 cm³/mol. The van der Waals surface area contributed by atoms with Crippen molar-refractivity contribution in [2.45, 2.75) is 45.7 Å².